The summed E-state index contributed by atoms with van der Waals surface area (Å²) < 4.78 is 16.0. The molecule has 0 heterocycles. The van der Waals surface area contributed by atoms with Crippen LogP contribution in [0.25, 0.3) is 10.8 Å². The molecule has 0 saturated heterocycles. The molecule has 1 amide bonds. The van der Waals surface area contributed by atoms with Crippen LogP contribution in [0.3, 0.4) is 0 Å². The van der Waals surface area contributed by atoms with Crippen molar-refractivity contribution in [1.29, 1.82) is 0 Å². The molecule has 6 heteroatoms. The first-order valence-electron chi connectivity index (χ1n) is 8.70. The molecule has 0 aliphatic heterocycles. The molecule has 0 aliphatic rings. The molecule has 6 nitrogen and oxygen atoms in total. The number of methoxy groups -OCH3 is 3. The van der Waals surface area contributed by atoms with Gasteiger partial charge in [0.2, 0.25) is 5.75 Å². The Morgan fingerprint density at radius 1 is 0.964 bits per heavy atom. The Morgan fingerprint density at radius 3 is 2.29 bits per heavy atom. The predicted octanol–water partition coefficient (Wildman–Crippen LogP) is 3.94. The Balaban J connectivity index is 1.86. The maximum absolute atomic E-state index is 12.7. The molecule has 28 heavy (non-hydrogen) atoms. The first-order valence-corrected chi connectivity index (χ1v) is 8.70. The number of fused-ring (bicyclic) bond motifs is 1. The van der Waals surface area contributed by atoms with Crippen molar-refractivity contribution >= 4 is 22.9 Å². The topological polar surface area (TPSA) is 69.2 Å². The molecule has 0 aliphatic carbocycles. The predicted molar refractivity (Wildman–Crippen MR) is 110 cm³/mol. The third-order valence-corrected chi connectivity index (χ3v) is 4.43. The van der Waals surface area contributed by atoms with Crippen molar-refractivity contribution in [3.63, 3.8) is 0 Å². The molecule has 0 atom stereocenters. The fraction of sp³-hybridized carbons (Fsp3) is 0.182. The minimum absolute atomic E-state index is 0.266. The van der Waals surface area contributed by atoms with Crippen LogP contribution in [0, 0.1) is 6.92 Å². The fourth-order valence-electron chi connectivity index (χ4n) is 3.08. The van der Waals surface area contributed by atoms with Gasteiger partial charge in [0, 0.05) is 5.56 Å². The van der Waals surface area contributed by atoms with E-state index in [2.05, 4.69) is 10.5 Å². The van der Waals surface area contributed by atoms with E-state index < -0.39 is 0 Å². The van der Waals surface area contributed by atoms with Gasteiger partial charge in [-0.05, 0) is 35.4 Å². The van der Waals surface area contributed by atoms with Crippen molar-refractivity contribution in [2.75, 3.05) is 21.3 Å². The minimum Gasteiger partial charge on any atom is -0.493 e. The first kappa shape index (κ1) is 19.2. The van der Waals surface area contributed by atoms with Gasteiger partial charge in [-0.3, -0.25) is 4.79 Å². The van der Waals surface area contributed by atoms with Crippen molar-refractivity contribution in [2.24, 2.45) is 5.10 Å². The lowest BCUT2D eigenvalue weighted by Crippen LogP contribution is -2.19. The number of hydrazone groups is 1. The van der Waals surface area contributed by atoms with Crippen LogP contribution in [0.1, 0.15) is 21.5 Å². The summed E-state index contributed by atoms with van der Waals surface area (Å²) in [5.41, 5.74) is 4.80. The van der Waals surface area contributed by atoms with Gasteiger partial charge in [-0.25, -0.2) is 5.43 Å². The molecule has 0 spiro atoms. The van der Waals surface area contributed by atoms with Gasteiger partial charge in [0.05, 0.1) is 33.1 Å². The smallest absolute Gasteiger partial charge is 0.272 e. The largest absolute Gasteiger partial charge is 0.493 e. The Bertz CT molecular complexity index is 1020. The van der Waals surface area contributed by atoms with Crippen molar-refractivity contribution in [1.82, 2.24) is 5.43 Å². The molecule has 0 unspecified atom stereocenters. The van der Waals surface area contributed by atoms with E-state index in [1.165, 1.54) is 6.21 Å². The number of carbonyl (C=O) groups is 1. The van der Waals surface area contributed by atoms with E-state index in [4.69, 9.17) is 14.2 Å². The summed E-state index contributed by atoms with van der Waals surface area (Å²) in [6, 6.07) is 15.2. The van der Waals surface area contributed by atoms with E-state index in [0.717, 1.165) is 16.3 Å². The quantitative estimate of drug-likeness (QED) is 0.521. The molecular weight excluding hydrogens is 356 g/mol. The summed E-state index contributed by atoms with van der Waals surface area (Å²) in [4.78, 5) is 12.7. The lowest BCUT2D eigenvalue weighted by molar-refractivity contribution is 0.0956. The summed E-state index contributed by atoms with van der Waals surface area (Å²) in [6.07, 6.45) is 1.53. The van der Waals surface area contributed by atoms with Gasteiger partial charge in [-0.1, -0.05) is 36.4 Å². The van der Waals surface area contributed by atoms with Crippen LogP contribution in [-0.2, 0) is 0 Å². The van der Waals surface area contributed by atoms with E-state index in [0.29, 0.717) is 28.4 Å². The van der Waals surface area contributed by atoms with E-state index >= 15 is 0 Å². The third kappa shape index (κ3) is 3.76. The number of hydrogen-bond acceptors (Lipinski definition) is 5. The number of aryl methyl sites for hydroxylation is 1. The van der Waals surface area contributed by atoms with Gasteiger partial charge in [0.1, 0.15) is 0 Å². The van der Waals surface area contributed by atoms with Crippen LogP contribution in [0.15, 0.2) is 53.6 Å². The first-order chi connectivity index (χ1) is 13.6. The zero-order valence-electron chi connectivity index (χ0n) is 16.3. The molecule has 0 fully saturated rings. The molecule has 144 valence electrons. The maximum atomic E-state index is 12.7. The molecule has 0 saturated carbocycles. The van der Waals surface area contributed by atoms with Gasteiger partial charge >= 0.3 is 0 Å². The minimum atomic E-state index is -0.266. The Morgan fingerprint density at radius 2 is 1.64 bits per heavy atom. The summed E-state index contributed by atoms with van der Waals surface area (Å²) in [7, 11) is 4.63. The maximum Gasteiger partial charge on any atom is 0.272 e. The Labute approximate surface area is 163 Å². The molecule has 1 N–H and O–H groups in total. The molecular formula is C22H22N2O4. The van der Waals surface area contributed by atoms with E-state index in [9.17, 15) is 4.79 Å². The van der Waals surface area contributed by atoms with Crippen LogP contribution in [-0.4, -0.2) is 33.5 Å². The Kier molecular flexibility index (Phi) is 5.79. The van der Waals surface area contributed by atoms with E-state index in [-0.39, 0.29) is 5.91 Å². The van der Waals surface area contributed by atoms with Crippen molar-refractivity contribution in [3.05, 3.63) is 65.2 Å². The number of ether oxygens (including phenoxy) is 3. The second-order valence-corrected chi connectivity index (χ2v) is 6.14. The number of rotatable bonds is 6. The molecule has 0 aromatic heterocycles. The number of carbonyl (C=O) groups excluding carboxylic acids is 1. The summed E-state index contributed by atoms with van der Waals surface area (Å²) in [5.74, 6) is 1.26. The number of nitrogens with zero attached hydrogens (tertiary/aromatic N) is 1. The molecule has 3 aromatic rings. The van der Waals surface area contributed by atoms with Gasteiger partial charge in [0.15, 0.2) is 11.5 Å². The normalized spacial score (nSPS) is 10.9. The highest BCUT2D eigenvalue weighted by Gasteiger charge is 2.14. The van der Waals surface area contributed by atoms with Crippen LogP contribution in [0.4, 0.5) is 0 Å². The second kappa shape index (κ2) is 8.43. The average molecular weight is 378 g/mol. The van der Waals surface area contributed by atoms with Crippen molar-refractivity contribution in [2.45, 2.75) is 6.92 Å². The highest BCUT2D eigenvalue weighted by molar-refractivity contribution is 6.08. The highest BCUT2D eigenvalue weighted by atomic mass is 16.5. The van der Waals surface area contributed by atoms with Crippen LogP contribution in [0.5, 0.6) is 17.2 Å². The number of amides is 1. The molecule has 3 aromatic carbocycles. The van der Waals surface area contributed by atoms with Crippen LogP contribution < -0.4 is 19.6 Å². The highest BCUT2D eigenvalue weighted by Crippen LogP contribution is 2.37. The van der Waals surface area contributed by atoms with Crippen molar-refractivity contribution < 1.29 is 19.0 Å². The number of nitrogens with one attached hydrogen (secondary N) is 1. The average Bonchev–Trinajstić information content (AvgIpc) is 2.72. The Hall–Kier alpha value is -3.54. The zero-order chi connectivity index (χ0) is 20.1. The van der Waals surface area contributed by atoms with Gasteiger partial charge < -0.3 is 14.2 Å². The van der Waals surface area contributed by atoms with Crippen LogP contribution in [0.2, 0.25) is 0 Å². The lowest BCUT2D eigenvalue weighted by atomic mass is 9.99. The molecule has 3 rings (SSSR count). The number of hydrogen-bond donors (Lipinski definition) is 1. The SMILES string of the molecule is COc1cc(/C=N\NC(=O)c2c(C)ccc3ccccc23)cc(OC)c1OC. The van der Waals surface area contributed by atoms with Gasteiger partial charge in [-0.2, -0.15) is 5.10 Å². The van der Waals surface area contributed by atoms with Gasteiger partial charge in [-0.15, -0.1) is 0 Å². The lowest BCUT2D eigenvalue weighted by Gasteiger charge is -2.12. The fourth-order valence-corrected chi connectivity index (χ4v) is 3.08. The van der Waals surface area contributed by atoms with E-state index in [1.807, 2.05) is 43.3 Å². The van der Waals surface area contributed by atoms with E-state index in [1.54, 1.807) is 33.5 Å². The second-order valence-electron chi connectivity index (χ2n) is 6.14. The monoisotopic (exact) mass is 378 g/mol. The molecule has 0 bridgehead atoms. The van der Waals surface area contributed by atoms with Crippen LogP contribution >= 0.6 is 0 Å². The zero-order valence-corrected chi connectivity index (χ0v) is 16.3. The summed E-state index contributed by atoms with van der Waals surface area (Å²) in [5, 5.41) is 5.99. The standard InChI is InChI=1S/C22H22N2O4/c1-14-9-10-16-7-5-6-8-17(16)20(14)22(25)24-23-13-15-11-18(26-2)21(28-4)19(12-15)27-3/h5-13H,1-4H3,(H,24,25)/b23-13-. The van der Waals surface area contributed by atoms with Crippen molar-refractivity contribution in [3.8, 4) is 17.2 Å². The van der Waals surface area contributed by atoms with Gasteiger partial charge in [0.25, 0.3) is 5.91 Å². The number of benzene rings is 3. The summed E-state index contributed by atoms with van der Waals surface area (Å²) in [6.45, 7) is 1.91. The third-order valence-electron chi connectivity index (χ3n) is 4.43. The summed E-state index contributed by atoms with van der Waals surface area (Å²) >= 11 is 0. The molecule has 0 radical (unpaired) electrons.